The van der Waals surface area contributed by atoms with Crippen LogP contribution in [-0.4, -0.2) is 42.8 Å². The normalized spacial score (nSPS) is 18.8. The second-order valence-electron chi connectivity index (χ2n) is 4.28. The maximum Gasteiger partial charge on any atom is 0.335 e. The zero-order valence-electron chi connectivity index (χ0n) is 10.4. The molecule has 0 aromatic heterocycles. The Kier molecular flexibility index (Phi) is 4.48. The monoisotopic (exact) mass is 264 g/mol. The van der Waals surface area contributed by atoms with E-state index in [1.807, 2.05) is 0 Å². The lowest BCUT2D eigenvalue weighted by Gasteiger charge is -2.22. The molecule has 0 bridgehead atoms. The number of nitrogens with one attached hydrogen (secondary N) is 2. The van der Waals surface area contributed by atoms with Gasteiger partial charge < -0.3 is 20.5 Å². The van der Waals surface area contributed by atoms with Gasteiger partial charge in [-0.25, -0.2) is 4.79 Å². The van der Waals surface area contributed by atoms with Crippen molar-refractivity contribution in [2.24, 2.45) is 0 Å². The van der Waals surface area contributed by atoms with Gasteiger partial charge in [0.05, 0.1) is 12.2 Å². The molecule has 0 radical (unpaired) electrons. The number of benzene rings is 1. The molecule has 2 rings (SSSR count). The predicted octanol–water partition coefficient (Wildman–Crippen LogP) is -0.0106. The summed E-state index contributed by atoms with van der Waals surface area (Å²) in [5, 5.41) is 14.6. The second-order valence-corrected chi connectivity index (χ2v) is 4.28. The van der Waals surface area contributed by atoms with Crippen LogP contribution in [0.25, 0.3) is 0 Å². The third kappa shape index (κ3) is 3.77. The van der Waals surface area contributed by atoms with Crippen LogP contribution >= 0.6 is 0 Å². The van der Waals surface area contributed by atoms with Crippen LogP contribution in [0.2, 0.25) is 0 Å². The number of aromatic carboxylic acids is 1. The van der Waals surface area contributed by atoms with E-state index in [9.17, 15) is 9.59 Å². The molecule has 19 heavy (non-hydrogen) atoms. The number of hydrogen-bond donors (Lipinski definition) is 3. The van der Waals surface area contributed by atoms with Gasteiger partial charge in [-0.3, -0.25) is 4.79 Å². The van der Waals surface area contributed by atoms with Crippen molar-refractivity contribution in [3.8, 4) is 0 Å². The first-order chi connectivity index (χ1) is 9.16. The van der Waals surface area contributed by atoms with Gasteiger partial charge >= 0.3 is 5.97 Å². The largest absolute Gasteiger partial charge is 0.478 e. The standard InChI is InChI=1S/C13H16N2O4/c16-12(11-8-14-5-6-19-11)15-7-9-1-3-10(4-2-9)13(17)18/h1-4,11,14H,5-8H2,(H,15,16)(H,17,18). The van der Waals surface area contributed by atoms with E-state index < -0.39 is 12.1 Å². The molecule has 1 saturated heterocycles. The van der Waals surface area contributed by atoms with Crippen molar-refractivity contribution in [1.82, 2.24) is 10.6 Å². The maximum absolute atomic E-state index is 11.8. The Hall–Kier alpha value is -1.92. The van der Waals surface area contributed by atoms with Crippen LogP contribution in [0.1, 0.15) is 15.9 Å². The van der Waals surface area contributed by atoms with Gasteiger partial charge in [0.2, 0.25) is 0 Å². The van der Waals surface area contributed by atoms with Crippen LogP contribution < -0.4 is 10.6 Å². The summed E-state index contributed by atoms with van der Waals surface area (Å²) < 4.78 is 5.33. The molecule has 3 N–H and O–H groups in total. The van der Waals surface area contributed by atoms with E-state index in [2.05, 4.69) is 10.6 Å². The highest BCUT2D eigenvalue weighted by Crippen LogP contribution is 2.05. The highest BCUT2D eigenvalue weighted by Gasteiger charge is 2.21. The Balaban J connectivity index is 1.84. The second kappa shape index (κ2) is 6.31. The van der Waals surface area contributed by atoms with Crippen molar-refractivity contribution in [2.75, 3.05) is 19.7 Å². The van der Waals surface area contributed by atoms with E-state index in [1.165, 1.54) is 12.1 Å². The Labute approximate surface area is 110 Å². The van der Waals surface area contributed by atoms with E-state index in [0.29, 0.717) is 19.7 Å². The first-order valence-corrected chi connectivity index (χ1v) is 6.09. The molecule has 1 unspecified atom stereocenters. The first-order valence-electron chi connectivity index (χ1n) is 6.09. The Morgan fingerprint density at radius 2 is 2.11 bits per heavy atom. The van der Waals surface area contributed by atoms with Gasteiger partial charge in [-0.2, -0.15) is 0 Å². The van der Waals surface area contributed by atoms with Crippen LogP contribution in [0.15, 0.2) is 24.3 Å². The number of carbonyl (C=O) groups is 2. The smallest absolute Gasteiger partial charge is 0.335 e. The third-order valence-corrected chi connectivity index (χ3v) is 2.89. The van der Waals surface area contributed by atoms with Crippen molar-refractivity contribution >= 4 is 11.9 Å². The number of morpholine rings is 1. The fourth-order valence-corrected chi connectivity index (χ4v) is 1.80. The van der Waals surface area contributed by atoms with Gasteiger partial charge in [0.1, 0.15) is 6.10 Å². The van der Waals surface area contributed by atoms with Gasteiger partial charge in [-0.05, 0) is 17.7 Å². The van der Waals surface area contributed by atoms with Crippen molar-refractivity contribution in [3.05, 3.63) is 35.4 Å². The zero-order chi connectivity index (χ0) is 13.7. The van der Waals surface area contributed by atoms with E-state index in [4.69, 9.17) is 9.84 Å². The molecule has 1 atom stereocenters. The lowest BCUT2D eigenvalue weighted by atomic mass is 10.1. The fraction of sp³-hybridized carbons (Fsp3) is 0.385. The molecule has 1 fully saturated rings. The summed E-state index contributed by atoms with van der Waals surface area (Å²) in [5.74, 6) is -1.12. The molecule has 102 valence electrons. The van der Waals surface area contributed by atoms with E-state index in [0.717, 1.165) is 12.1 Å². The number of carboxylic acid groups (broad SMARTS) is 1. The highest BCUT2D eigenvalue weighted by atomic mass is 16.5. The molecule has 1 amide bonds. The molecule has 1 aliphatic rings. The number of carboxylic acids is 1. The lowest BCUT2D eigenvalue weighted by Crippen LogP contribution is -2.47. The topological polar surface area (TPSA) is 87.7 Å². The van der Waals surface area contributed by atoms with Crippen LogP contribution in [0.5, 0.6) is 0 Å². The Morgan fingerprint density at radius 1 is 1.37 bits per heavy atom. The molecule has 6 heteroatoms. The number of carbonyl (C=O) groups excluding carboxylic acids is 1. The van der Waals surface area contributed by atoms with Gasteiger partial charge in [0.15, 0.2) is 0 Å². The summed E-state index contributed by atoms with van der Waals surface area (Å²) in [6.07, 6.45) is -0.452. The quantitative estimate of drug-likeness (QED) is 0.712. The minimum atomic E-state index is -0.961. The summed E-state index contributed by atoms with van der Waals surface area (Å²) in [4.78, 5) is 22.5. The number of hydrogen-bond acceptors (Lipinski definition) is 4. The van der Waals surface area contributed by atoms with Crippen molar-refractivity contribution in [3.63, 3.8) is 0 Å². The third-order valence-electron chi connectivity index (χ3n) is 2.89. The number of rotatable bonds is 4. The highest BCUT2D eigenvalue weighted by molar-refractivity contribution is 5.87. The Morgan fingerprint density at radius 3 is 2.68 bits per heavy atom. The minimum Gasteiger partial charge on any atom is -0.478 e. The average molecular weight is 264 g/mol. The molecule has 1 aliphatic heterocycles. The van der Waals surface area contributed by atoms with Crippen molar-refractivity contribution in [1.29, 1.82) is 0 Å². The molecule has 6 nitrogen and oxygen atoms in total. The molecule has 0 spiro atoms. The van der Waals surface area contributed by atoms with E-state index in [-0.39, 0.29) is 11.5 Å². The number of amides is 1. The Bertz CT molecular complexity index is 452. The molecular weight excluding hydrogens is 248 g/mol. The van der Waals surface area contributed by atoms with Crippen LogP contribution in [0.3, 0.4) is 0 Å². The van der Waals surface area contributed by atoms with Gasteiger partial charge in [0, 0.05) is 19.6 Å². The maximum atomic E-state index is 11.8. The summed E-state index contributed by atoms with van der Waals surface area (Å²) in [5.41, 5.74) is 1.08. The van der Waals surface area contributed by atoms with Gasteiger partial charge in [-0.1, -0.05) is 12.1 Å². The molecule has 1 heterocycles. The first kappa shape index (κ1) is 13.5. The van der Waals surface area contributed by atoms with Crippen LogP contribution in [0.4, 0.5) is 0 Å². The van der Waals surface area contributed by atoms with Crippen molar-refractivity contribution < 1.29 is 19.4 Å². The van der Waals surface area contributed by atoms with Crippen LogP contribution in [0, 0.1) is 0 Å². The predicted molar refractivity (Wildman–Crippen MR) is 67.9 cm³/mol. The zero-order valence-corrected chi connectivity index (χ0v) is 10.4. The summed E-state index contributed by atoms with van der Waals surface area (Å²) in [6, 6.07) is 6.40. The molecule has 0 aliphatic carbocycles. The number of ether oxygens (including phenoxy) is 1. The fourth-order valence-electron chi connectivity index (χ4n) is 1.80. The van der Waals surface area contributed by atoms with Crippen molar-refractivity contribution in [2.45, 2.75) is 12.6 Å². The SMILES string of the molecule is O=C(O)c1ccc(CNC(=O)C2CNCCO2)cc1. The van der Waals surface area contributed by atoms with Crippen LogP contribution in [-0.2, 0) is 16.1 Å². The molecular formula is C13H16N2O4. The molecule has 1 aromatic rings. The summed E-state index contributed by atoms with van der Waals surface area (Å²) >= 11 is 0. The van der Waals surface area contributed by atoms with E-state index in [1.54, 1.807) is 12.1 Å². The lowest BCUT2D eigenvalue weighted by molar-refractivity contribution is -0.134. The summed E-state index contributed by atoms with van der Waals surface area (Å²) in [6.45, 7) is 2.17. The average Bonchev–Trinajstić information content (AvgIpc) is 2.46. The molecule has 1 aromatic carbocycles. The van der Waals surface area contributed by atoms with Gasteiger partial charge in [-0.15, -0.1) is 0 Å². The minimum absolute atomic E-state index is 0.158. The van der Waals surface area contributed by atoms with E-state index >= 15 is 0 Å². The summed E-state index contributed by atoms with van der Waals surface area (Å²) in [7, 11) is 0. The molecule has 0 saturated carbocycles. The van der Waals surface area contributed by atoms with Gasteiger partial charge in [0.25, 0.3) is 5.91 Å².